The number of rotatable bonds is 7. The Kier molecular flexibility index (Phi) is 5.16. The Labute approximate surface area is 145 Å². The molecule has 0 unspecified atom stereocenters. The molecule has 0 fully saturated rings. The number of hydrogen-bond donors (Lipinski definition) is 1. The number of aryl methyl sites for hydroxylation is 1. The van der Waals surface area contributed by atoms with Crippen molar-refractivity contribution in [3.05, 3.63) is 52.7 Å². The molecule has 132 valence electrons. The Morgan fingerprint density at radius 1 is 1.16 bits per heavy atom. The van der Waals surface area contributed by atoms with Gasteiger partial charge < -0.3 is 14.3 Å². The number of fused-ring (bicyclic) bond motifs is 3. The predicted octanol–water partition coefficient (Wildman–Crippen LogP) is 3.09. The second kappa shape index (κ2) is 7.51. The van der Waals surface area contributed by atoms with Crippen LogP contribution in [0.1, 0.15) is 32.6 Å². The maximum absolute atomic E-state index is 13.7. The summed E-state index contributed by atoms with van der Waals surface area (Å²) < 4.78 is 17.0. The van der Waals surface area contributed by atoms with Crippen LogP contribution in [0, 0.1) is 5.82 Å². The summed E-state index contributed by atoms with van der Waals surface area (Å²) in [7, 11) is 0. The fourth-order valence-corrected chi connectivity index (χ4v) is 3.04. The fourth-order valence-electron chi connectivity index (χ4n) is 3.04. The molecular weight excluding hydrogens is 321 g/mol. The van der Waals surface area contributed by atoms with Crippen LogP contribution in [0.4, 0.5) is 4.39 Å². The Balaban J connectivity index is 1.84. The van der Waals surface area contributed by atoms with Crippen LogP contribution in [0.5, 0.6) is 0 Å². The van der Waals surface area contributed by atoms with Gasteiger partial charge in [-0.1, -0.05) is 13.3 Å². The van der Waals surface area contributed by atoms with Crippen molar-refractivity contribution in [2.45, 2.75) is 39.2 Å². The first-order valence-corrected chi connectivity index (χ1v) is 8.67. The van der Waals surface area contributed by atoms with Crippen molar-refractivity contribution in [3.63, 3.8) is 0 Å². The SMILES string of the molecule is CCCCNC(=O)CCCn1c(=O)c2cccn2c2ccc(F)cc21. The van der Waals surface area contributed by atoms with Gasteiger partial charge in [0, 0.05) is 25.7 Å². The average molecular weight is 343 g/mol. The number of halogens is 1. The lowest BCUT2D eigenvalue weighted by atomic mass is 10.2. The van der Waals surface area contributed by atoms with E-state index in [1.54, 1.807) is 33.4 Å². The van der Waals surface area contributed by atoms with Gasteiger partial charge in [-0.25, -0.2) is 4.39 Å². The van der Waals surface area contributed by atoms with E-state index in [2.05, 4.69) is 12.2 Å². The van der Waals surface area contributed by atoms with E-state index in [0.717, 1.165) is 18.4 Å². The van der Waals surface area contributed by atoms with Gasteiger partial charge in [-0.15, -0.1) is 0 Å². The van der Waals surface area contributed by atoms with Crippen molar-refractivity contribution in [1.29, 1.82) is 0 Å². The van der Waals surface area contributed by atoms with Crippen LogP contribution in [-0.2, 0) is 11.3 Å². The first-order valence-electron chi connectivity index (χ1n) is 8.67. The zero-order valence-corrected chi connectivity index (χ0v) is 14.3. The number of carbonyl (C=O) groups is 1. The highest BCUT2D eigenvalue weighted by Gasteiger charge is 2.11. The minimum absolute atomic E-state index is 0.0132. The third-order valence-electron chi connectivity index (χ3n) is 4.34. The zero-order valence-electron chi connectivity index (χ0n) is 14.3. The first kappa shape index (κ1) is 17.2. The van der Waals surface area contributed by atoms with Crippen molar-refractivity contribution < 1.29 is 9.18 Å². The number of hydrogen-bond acceptors (Lipinski definition) is 2. The molecule has 2 aromatic heterocycles. The van der Waals surface area contributed by atoms with Crippen LogP contribution in [0.25, 0.3) is 16.6 Å². The van der Waals surface area contributed by atoms with Crippen molar-refractivity contribution >= 4 is 22.5 Å². The Morgan fingerprint density at radius 3 is 2.80 bits per heavy atom. The molecule has 25 heavy (non-hydrogen) atoms. The number of benzene rings is 1. The quantitative estimate of drug-likeness (QED) is 0.670. The van der Waals surface area contributed by atoms with E-state index >= 15 is 0 Å². The van der Waals surface area contributed by atoms with Crippen LogP contribution in [0.3, 0.4) is 0 Å². The van der Waals surface area contributed by atoms with Crippen molar-refractivity contribution in [3.8, 4) is 0 Å². The molecule has 0 aliphatic carbocycles. The van der Waals surface area contributed by atoms with E-state index < -0.39 is 0 Å². The molecule has 0 atom stereocenters. The van der Waals surface area contributed by atoms with Crippen molar-refractivity contribution in [2.75, 3.05) is 6.54 Å². The van der Waals surface area contributed by atoms with Gasteiger partial charge >= 0.3 is 0 Å². The summed E-state index contributed by atoms with van der Waals surface area (Å²) in [6, 6.07) is 7.98. The largest absolute Gasteiger partial charge is 0.356 e. The molecule has 0 bridgehead atoms. The van der Waals surface area contributed by atoms with Gasteiger partial charge in [0.25, 0.3) is 5.56 Å². The molecule has 1 aromatic carbocycles. The van der Waals surface area contributed by atoms with E-state index in [9.17, 15) is 14.0 Å². The standard InChI is InChI=1S/C19H22FN3O2/c1-2-3-10-21-18(24)7-5-12-23-17-13-14(20)8-9-15(17)22-11-4-6-16(22)19(23)25/h4,6,8-9,11,13H,2-3,5,7,10,12H2,1H3,(H,21,24). The van der Waals surface area contributed by atoms with Gasteiger partial charge in [0.2, 0.25) is 5.91 Å². The van der Waals surface area contributed by atoms with Gasteiger partial charge in [0.15, 0.2) is 0 Å². The molecule has 3 rings (SSSR count). The lowest BCUT2D eigenvalue weighted by Crippen LogP contribution is -2.26. The molecule has 0 saturated carbocycles. The predicted molar refractivity (Wildman–Crippen MR) is 96.3 cm³/mol. The summed E-state index contributed by atoms with van der Waals surface area (Å²) >= 11 is 0. The zero-order chi connectivity index (χ0) is 17.8. The molecule has 0 radical (unpaired) electrons. The molecule has 5 nitrogen and oxygen atoms in total. The highest BCUT2D eigenvalue weighted by molar-refractivity contribution is 5.79. The molecule has 1 amide bonds. The monoisotopic (exact) mass is 343 g/mol. The van der Waals surface area contributed by atoms with Gasteiger partial charge in [-0.05, 0) is 43.2 Å². The molecule has 0 aliphatic rings. The summed E-state index contributed by atoms with van der Waals surface area (Å²) in [5.74, 6) is -0.398. The summed E-state index contributed by atoms with van der Waals surface area (Å²) in [4.78, 5) is 24.5. The molecule has 6 heteroatoms. The second-order valence-corrected chi connectivity index (χ2v) is 6.16. The number of unbranched alkanes of at least 4 members (excludes halogenated alkanes) is 1. The number of aromatic nitrogens is 2. The summed E-state index contributed by atoms with van der Waals surface area (Å²) in [5, 5.41) is 2.87. The Hall–Kier alpha value is -2.63. The summed E-state index contributed by atoms with van der Waals surface area (Å²) in [6.07, 6.45) is 4.66. The van der Waals surface area contributed by atoms with Gasteiger partial charge in [-0.2, -0.15) is 0 Å². The average Bonchev–Trinajstić information content (AvgIpc) is 3.08. The fraction of sp³-hybridized carbons (Fsp3) is 0.368. The normalized spacial score (nSPS) is 11.3. The van der Waals surface area contributed by atoms with Gasteiger partial charge in [0.1, 0.15) is 11.3 Å². The number of amides is 1. The highest BCUT2D eigenvalue weighted by Crippen LogP contribution is 2.17. The maximum atomic E-state index is 13.7. The number of nitrogens with one attached hydrogen (secondary N) is 1. The molecule has 2 heterocycles. The Morgan fingerprint density at radius 2 is 2.00 bits per heavy atom. The highest BCUT2D eigenvalue weighted by atomic mass is 19.1. The van der Waals surface area contributed by atoms with Crippen molar-refractivity contribution in [1.82, 2.24) is 14.3 Å². The Bertz CT molecular complexity index is 958. The molecule has 0 saturated heterocycles. The van der Waals surface area contributed by atoms with Crippen LogP contribution in [0.15, 0.2) is 41.3 Å². The van der Waals surface area contributed by atoms with E-state index in [1.165, 1.54) is 12.1 Å². The summed E-state index contributed by atoms with van der Waals surface area (Å²) in [6.45, 7) is 3.13. The maximum Gasteiger partial charge on any atom is 0.275 e. The molecule has 1 N–H and O–H groups in total. The van der Waals surface area contributed by atoms with Gasteiger partial charge in [-0.3, -0.25) is 9.59 Å². The minimum Gasteiger partial charge on any atom is -0.356 e. The van der Waals surface area contributed by atoms with Gasteiger partial charge in [0.05, 0.1) is 11.0 Å². The smallest absolute Gasteiger partial charge is 0.275 e. The van der Waals surface area contributed by atoms with E-state index in [0.29, 0.717) is 37.0 Å². The minimum atomic E-state index is -0.385. The van der Waals surface area contributed by atoms with Crippen LogP contribution in [0.2, 0.25) is 0 Å². The molecule has 0 spiro atoms. The lowest BCUT2D eigenvalue weighted by molar-refractivity contribution is -0.121. The number of carbonyl (C=O) groups excluding carboxylic acids is 1. The van der Waals surface area contributed by atoms with E-state index in [4.69, 9.17) is 0 Å². The van der Waals surface area contributed by atoms with E-state index in [1.807, 2.05) is 0 Å². The molecular formula is C19H22FN3O2. The third kappa shape index (κ3) is 3.57. The summed E-state index contributed by atoms with van der Waals surface area (Å²) in [5.41, 5.74) is 1.69. The molecule has 3 aromatic rings. The third-order valence-corrected chi connectivity index (χ3v) is 4.34. The first-order chi connectivity index (χ1) is 12.1. The van der Waals surface area contributed by atoms with Crippen LogP contribution >= 0.6 is 0 Å². The molecule has 0 aliphatic heterocycles. The second-order valence-electron chi connectivity index (χ2n) is 6.16. The van der Waals surface area contributed by atoms with Crippen LogP contribution in [-0.4, -0.2) is 21.4 Å². The van der Waals surface area contributed by atoms with E-state index in [-0.39, 0.29) is 17.3 Å². The lowest BCUT2D eigenvalue weighted by Gasteiger charge is -2.13. The number of nitrogens with zero attached hydrogens (tertiary/aromatic N) is 2. The van der Waals surface area contributed by atoms with Crippen molar-refractivity contribution in [2.24, 2.45) is 0 Å². The topological polar surface area (TPSA) is 55.5 Å². The van der Waals surface area contributed by atoms with Crippen LogP contribution < -0.4 is 10.9 Å².